The minimum absolute atomic E-state index is 0.183. The summed E-state index contributed by atoms with van der Waals surface area (Å²) in [5.74, 6) is -3.17. The Morgan fingerprint density at radius 2 is 1.47 bits per heavy atom. The number of hydrogen-bond acceptors (Lipinski definition) is 5. The van der Waals surface area contributed by atoms with Gasteiger partial charge in [0, 0.05) is 6.92 Å². The second-order valence-electron chi connectivity index (χ2n) is 2.75. The van der Waals surface area contributed by atoms with Gasteiger partial charge in [-0.2, -0.15) is 5.26 Å². The summed E-state index contributed by atoms with van der Waals surface area (Å²) in [6, 6.07) is 5.44. The number of aliphatic carboxylic acids is 1. The molecule has 0 spiro atoms. The van der Waals surface area contributed by atoms with E-state index in [2.05, 4.69) is 4.89 Å². The lowest BCUT2D eigenvalue weighted by molar-refractivity contribution is -0.182. The second kappa shape index (κ2) is 6.96. The predicted molar refractivity (Wildman–Crippen MR) is 54.8 cm³/mol. The molecule has 0 aliphatic carbocycles. The van der Waals surface area contributed by atoms with Crippen LogP contribution in [0.15, 0.2) is 24.3 Å². The molecule has 0 aliphatic heterocycles. The lowest BCUT2D eigenvalue weighted by Gasteiger charge is -2.00. The number of carboxylic acid groups (broad SMARTS) is 2. The smallest absolute Gasteiger partial charge is 0.373 e. The molecule has 0 fully saturated rings. The first kappa shape index (κ1) is 14.6. The van der Waals surface area contributed by atoms with Gasteiger partial charge in [0.2, 0.25) is 0 Å². The summed E-state index contributed by atoms with van der Waals surface area (Å²) >= 11 is 0. The van der Waals surface area contributed by atoms with E-state index in [0.29, 0.717) is 0 Å². The van der Waals surface area contributed by atoms with Gasteiger partial charge in [-0.1, -0.05) is 12.1 Å². The first-order valence-electron chi connectivity index (χ1n) is 4.27. The van der Waals surface area contributed by atoms with Crippen molar-refractivity contribution in [3.05, 3.63) is 35.4 Å². The number of rotatable bonds is 2. The molecule has 0 aliphatic rings. The van der Waals surface area contributed by atoms with Gasteiger partial charge in [-0.3, -0.25) is 9.68 Å². The first-order chi connectivity index (χ1) is 7.90. The number of carbonyl (C=O) groups is 3. The van der Waals surface area contributed by atoms with Gasteiger partial charge in [0.15, 0.2) is 0 Å². The van der Waals surface area contributed by atoms with Crippen LogP contribution in [0, 0.1) is 0 Å². The zero-order valence-corrected chi connectivity index (χ0v) is 8.78. The molecule has 0 radical (unpaired) electrons. The van der Waals surface area contributed by atoms with Crippen LogP contribution in [-0.2, 0) is 9.68 Å². The molecule has 0 saturated heterocycles. The number of hydrogen-bond donors (Lipinski definition) is 3. The van der Waals surface area contributed by atoms with E-state index < -0.39 is 17.9 Å². The zero-order chi connectivity index (χ0) is 13.4. The van der Waals surface area contributed by atoms with Crippen LogP contribution in [0.2, 0.25) is 0 Å². The standard InChI is InChI=1S/C8H6O5.C2H4O2/c9-7(10)5-3-1-2-4-6(5)8(11)13-12;1-2(3)4/h1-4,12H,(H,9,10);1H3,(H,3,4). The van der Waals surface area contributed by atoms with E-state index in [0.717, 1.165) is 6.92 Å². The Balaban J connectivity index is 0.000000557. The van der Waals surface area contributed by atoms with Crippen molar-refractivity contribution in [2.24, 2.45) is 0 Å². The van der Waals surface area contributed by atoms with E-state index in [1.54, 1.807) is 0 Å². The summed E-state index contributed by atoms with van der Waals surface area (Å²) in [5.41, 5.74) is -0.390. The van der Waals surface area contributed by atoms with E-state index >= 15 is 0 Å². The fourth-order valence-corrected chi connectivity index (χ4v) is 0.897. The maximum Gasteiger partial charge on any atom is 0.373 e. The lowest BCUT2D eigenvalue weighted by atomic mass is 10.1. The Kier molecular flexibility index (Phi) is 5.98. The highest BCUT2D eigenvalue weighted by atomic mass is 17.1. The maximum absolute atomic E-state index is 10.8. The van der Waals surface area contributed by atoms with E-state index in [9.17, 15) is 9.59 Å². The molecule has 92 valence electrons. The molecule has 1 aromatic rings. The summed E-state index contributed by atoms with van der Waals surface area (Å²) < 4.78 is 0. The minimum atomic E-state index is -1.25. The molecule has 7 heteroatoms. The zero-order valence-electron chi connectivity index (χ0n) is 8.78. The molecule has 1 rings (SSSR count). The third-order valence-electron chi connectivity index (χ3n) is 1.46. The quantitative estimate of drug-likeness (QED) is 0.524. The van der Waals surface area contributed by atoms with Crippen molar-refractivity contribution in [3.8, 4) is 0 Å². The van der Waals surface area contributed by atoms with Crippen molar-refractivity contribution in [1.82, 2.24) is 0 Å². The minimum Gasteiger partial charge on any atom is -0.481 e. The van der Waals surface area contributed by atoms with Gasteiger partial charge in [-0.15, -0.1) is 0 Å². The fourth-order valence-electron chi connectivity index (χ4n) is 0.897. The van der Waals surface area contributed by atoms with Crippen molar-refractivity contribution in [3.63, 3.8) is 0 Å². The Labute approximate surface area is 95.8 Å². The van der Waals surface area contributed by atoms with Crippen LogP contribution in [0.1, 0.15) is 27.6 Å². The molecule has 3 N–H and O–H groups in total. The average Bonchev–Trinajstić information content (AvgIpc) is 2.27. The summed E-state index contributed by atoms with van der Waals surface area (Å²) in [7, 11) is 0. The van der Waals surface area contributed by atoms with E-state index in [1.165, 1.54) is 24.3 Å². The van der Waals surface area contributed by atoms with Crippen LogP contribution in [0.4, 0.5) is 0 Å². The van der Waals surface area contributed by atoms with E-state index in [-0.39, 0.29) is 11.1 Å². The monoisotopic (exact) mass is 242 g/mol. The molecule has 7 nitrogen and oxygen atoms in total. The predicted octanol–water partition coefficient (Wildman–Crippen LogP) is 1.11. The summed E-state index contributed by atoms with van der Waals surface area (Å²) in [6.07, 6.45) is 0. The number of carbonyl (C=O) groups excluding carboxylic acids is 1. The normalized spacial score (nSPS) is 8.59. The fraction of sp³-hybridized carbons (Fsp3) is 0.100. The molecular formula is C10H10O7. The average molecular weight is 242 g/mol. The van der Waals surface area contributed by atoms with Crippen LogP contribution in [0.25, 0.3) is 0 Å². The number of carboxylic acids is 2. The van der Waals surface area contributed by atoms with Crippen LogP contribution < -0.4 is 0 Å². The highest BCUT2D eigenvalue weighted by molar-refractivity contribution is 6.02. The highest BCUT2D eigenvalue weighted by Crippen LogP contribution is 2.09. The Morgan fingerprint density at radius 1 is 1.06 bits per heavy atom. The van der Waals surface area contributed by atoms with Crippen molar-refractivity contribution in [1.29, 1.82) is 0 Å². The first-order valence-corrected chi connectivity index (χ1v) is 4.27. The van der Waals surface area contributed by atoms with Gasteiger partial charge in [-0.05, 0) is 12.1 Å². The van der Waals surface area contributed by atoms with Gasteiger partial charge in [0.05, 0.1) is 11.1 Å². The molecule has 0 bridgehead atoms. The lowest BCUT2D eigenvalue weighted by Crippen LogP contribution is -2.09. The highest BCUT2D eigenvalue weighted by Gasteiger charge is 2.16. The molecular weight excluding hydrogens is 232 g/mol. The van der Waals surface area contributed by atoms with Crippen LogP contribution >= 0.6 is 0 Å². The van der Waals surface area contributed by atoms with Crippen molar-refractivity contribution < 1.29 is 34.7 Å². The second-order valence-corrected chi connectivity index (χ2v) is 2.75. The van der Waals surface area contributed by atoms with Gasteiger partial charge in [0.1, 0.15) is 0 Å². The third-order valence-corrected chi connectivity index (χ3v) is 1.46. The van der Waals surface area contributed by atoms with Crippen molar-refractivity contribution >= 4 is 17.9 Å². The summed E-state index contributed by atoms with van der Waals surface area (Å²) in [6.45, 7) is 1.08. The molecule has 17 heavy (non-hydrogen) atoms. The molecule has 0 heterocycles. The number of benzene rings is 1. The Hall–Kier alpha value is -2.41. The van der Waals surface area contributed by atoms with Gasteiger partial charge in [-0.25, -0.2) is 9.59 Å². The molecule has 1 aromatic carbocycles. The van der Waals surface area contributed by atoms with E-state index in [4.69, 9.17) is 20.3 Å². The van der Waals surface area contributed by atoms with Crippen LogP contribution in [0.3, 0.4) is 0 Å². The molecule has 0 aromatic heterocycles. The van der Waals surface area contributed by atoms with Crippen molar-refractivity contribution in [2.75, 3.05) is 0 Å². The Morgan fingerprint density at radius 3 is 1.82 bits per heavy atom. The van der Waals surface area contributed by atoms with Crippen LogP contribution in [-0.4, -0.2) is 33.4 Å². The van der Waals surface area contributed by atoms with Gasteiger partial charge < -0.3 is 10.2 Å². The van der Waals surface area contributed by atoms with Crippen LogP contribution in [0.5, 0.6) is 0 Å². The number of aromatic carboxylic acids is 1. The molecule has 0 amide bonds. The summed E-state index contributed by atoms with van der Waals surface area (Å²) in [4.78, 5) is 33.8. The topological polar surface area (TPSA) is 121 Å². The Bertz CT molecular complexity index is 420. The summed E-state index contributed by atoms with van der Waals surface area (Å²) in [5, 5.41) is 24.1. The van der Waals surface area contributed by atoms with E-state index in [1.807, 2.05) is 0 Å². The SMILES string of the molecule is CC(=O)O.O=C(O)c1ccccc1C(=O)OO. The third kappa shape index (κ3) is 5.28. The molecule has 0 saturated carbocycles. The maximum atomic E-state index is 10.8. The molecule has 0 unspecified atom stereocenters. The van der Waals surface area contributed by atoms with Gasteiger partial charge >= 0.3 is 11.9 Å². The largest absolute Gasteiger partial charge is 0.481 e. The molecule has 0 atom stereocenters. The van der Waals surface area contributed by atoms with Crippen molar-refractivity contribution in [2.45, 2.75) is 6.92 Å². The van der Waals surface area contributed by atoms with Gasteiger partial charge in [0.25, 0.3) is 5.97 Å².